The van der Waals surface area contributed by atoms with Gasteiger partial charge in [-0.25, -0.2) is 0 Å². The lowest BCUT2D eigenvalue weighted by molar-refractivity contribution is -0.132. The number of nitrogens with two attached hydrogens (primary N) is 1. The van der Waals surface area contributed by atoms with E-state index in [1.807, 2.05) is 11.0 Å². The van der Waals surface area contributed by atoms with E-state index in [2.05, 4.69) is 43.0 Å². The highest BCUT2D eigenvalue weighted by atomic mass is 16.2. The van der Waals surface area contributed by atoms with Crippen LogP contribution in [0.2, 0.25) is 0 Å². The SMILES string of the molecule is CC(C)N(Cc1ccccc1)C1CCCN(C(=O)CN)C1. The Morgan fingerprint density at radius 2 is 2.10 bits per heavy atom. The first-order chi connectivity index (χ1) is 10.1. The Balaban J connectivity index is 2.05. The van der Waals surface area contributed by atoms with E-state index in [9.17, 15) is 4.79 Å². The summed E-state index contributed by atoms with van der Waals surface area (Å²) in [5, 5.41) is 0. The molecule has 21 heavy (non-hydrogen) atoms. The van der Waals surface area contributed by atoms with Crippen LogP contribution >= 0.6 is 0 Å². The molecule has 1 heterocycles. The van der Waals surface area contributed by atoms with Gasteiger partial charge in [0, 0.05) is 31.7 Å². The fourth-order valence-corrected chi connectivity index (χ4v) is 3.11. The molecule has 1 aromatic carbocycles. The maximum absolute atomic E-state index is 11.8. The average Bonchev–Trinajstić information content (AvgIpc) is 2.52. The summed E-state index contributed by atoms with van der Waals surface area (Å²) in [6, 6.07) is 11.4. The van der Waals surface area contributed by atoms with Crippen molar-refractivity contribution in [2.75, 3.05) is 19.6 Å². The molecular formula is C17H27N3O. The second-order valence-corrected chi connectivity index (χ2v) is 6.09. The largest absolute Gasteiger partial charge is 0.340 e. The second-order valence-electron chi connectivity index (χ2n) is 6.09. The number of nitrogens with zero attached hydrogens (tertiary/aromatic N) is 2. The number of piperidine rings is 1. The molecular weight excluding hydrogens is 262 g/mol. The number of benzene rings is 1. The molecule has 1 aliphatic rings. The van der Waals surface area contributed by atoms with Crippen molar-refractivity contribution >= 4 is 5.91 Å². The van der Waals surface area contributed by atoms with Crippen molar-refractivity contribution in [1.29, 1.82) is 0 Å². The molecule has 1 saturated heterocycles. The molecule has 0 aliphatic carbocycles. The van der Waals surface area contributed by atoms with Crippen LogP contribution in [0.15, 0.2) is 30.3 Å². The maximum Gasteiger partial charge on any atom is 0.236 e. The minimum Gasteiger partial charge on any atom is -0.340 e. The molecule has 1 amide bonds. The zero-order valence-electron chi connectivity index (χ0n) is 13.2. The molecule has 2 N–H and O–H groups in total. The standard InChI is InChI=1S/C17H27N3O/c1-14(2)20(12-15-7-4-3-5-8-15)16-9-6-10-19(13-16)17(21)11-18/h3-5,7-8,14,16H,6,9-13,18H2,1-2H3. The summed E-state index contributed by atoms with van der Waals surface area (Å²) in [5.41, 5.74) is 6.83. The molecule has 4 heteroatoms. The number of amides is 1. The van der Waals surface area contributed by atoms with E-state index >= 15 is 0 Å². The van der Waals surface area contributed by atoms with Gasteiger partial charge in [0.2, 0.25) is 5.91 Å². The van der Waals surface area contributed by atoms with Crippen molar-refractivity contribution < 1.29 is 4.79 Å². The van der Waals surface area contributed by atoms with E-state index in [0.29, 0.717) is 12.1 Å². The second kappa shape index (κ2) is 7.57. The van der Waals surface area contributed by atoms with Gasteiger partial charge >= 0.3 is 0 Å². The summed E-state index contributed by atoms with van der Waals surface area (Å²) in [4.78, 5) is 16.3. The first-order valence-electron chi connectivity index (χ1n) is 7.89. The van der Waals surface area contributed by atoms with Crippen LogP contribution in [-0.4, -0.2) is 47.4 Å². The van der Waals surface area contributed by atoms with Crippen LogP contribution in [0.3, 0.4) is 0 Å². The third-order valence-corrected chi connectivity index (χ3v) is 4.26. The van der Waals surface area contributed by atoms with Crippen LogP contribution in [0.4, 0.5) is 0 Å². The lowest BCUT2D eigenvalue weighted by atomic mass is 10.0. The molecule has 1 unspecified atom stereocenters. The zero-order chi connectivity index (χ0) is 15.2. The number of hydrogen-bond acceptors (Lipinski definition) is 3. The number of likely N-dealkylation sites (tertiary alicyclic amines) is 1. The van der Waals surface area contributed by atoms with Crippen molar-refractivity contribution in [2.45, 2.75) is 45.3 Å². The molecule has 0 aromatic heterocycles. The van der Waals surface area contributed by atoms with E-state index < -0.39 is 0 Å². The van der Waals surface area contributed by atoms with Crippen molar-refractivity contribution in [3.63, 3.8) is 0 Å². The fourth-order valence-electron chi connectivity index (χ4n) is 3.11. The summed E-state index contributed by atoms with van der Waals surface area (Å²) < 4.78 is 0. The van der Waals surface area contributed by atoms with Gasteiger partial charge in [-0.1, -0.05) is 30.3 Å². The number of carbonyl (C=O) groups is 1. The van der Waals surface area contributed by atoms with Crippen molar-refractivity contribution in [3.8, 4) is 0 Å². The van der Waals surface area contributed by atoms with Gasteiger partial charge in [-0.15, -0.1) is 0 Å². The normalized spacial score (nSPS) is 19.3. The Kier molecular flexibility index (Phi) is 5.76. The molecule has 2 rings (SSSR count). The highest BCUT2D eigenvalue weighted by molar-refractivity contribution is 5.78. The molecule has 4 nitrogen and oxygen atoms in total. The molecule has 116 valence electrons. The van der Waals surface area contributed by atoms with Gasteiger partial charge in [0.1, 0.15) is 0 Å². The first-order valence-corrected chi connectivity index (χ1v) is 7.89. The highest BCUT2D eigenvalue weighted by Gasteiger charge is 2.28. The molecule has 1 aliphatic heterocycles. The topological polar surface area (TPSA) is 49.6 Å². The van der Waals surface area contributed by atoms with E-state index in [4.69, 9.17) is 5.73 Å². The Morgan fingerprint density at radius 1 is 1.38 bits per heavy atom. The smallest absolute Gasteiger partial charge is 0.236 e. The van der Waals surface area contributed by atoms with E-state index in [1.165, 1.54) is 5.56 Å². The van der Waals surface area contributed by atoms with Crippen LogP contribution in [0, 0.1) is 0 Å². The van der Waals surface area contributed by atoms with Gasteiger partial charge in [-0.05, 0) is 32.3 Å². The van der Waals surface area contributed by atoms with Crippen LogP contribution in [-0.2, 0) is 11.3 Å². The van der Waals surface area contributed by atoms with Gasteiger partial charge in [0.05, 0.1) is 6.54 Å². The van der Waals surface area contributed by atoms with Gasteiger partial charge < -0.3 is 10.6 Å². The van der Waals surface area contributed by atoms with Gasteiger partial charge in [0.15, 0.2) is 0 Å². The summed E-state index contributed by atoms with van der Waals surface area (Å²) >= 11 is 0. The van der Waals surface area contributed by atoms with E-state index in [1.54, 1.807) is 0 Å². The maximum atomic E-state index is 11.8. The molecule has 0 spiro atoms. The van der Waals surface area contributed by atoms with Crippen molar-refractivity contribution in [3.05, 3.63) is 35.9 Å². The molecule has 1 fully saturated rings. The van der Waals surface area contributed by atoms with Gasteiger partial charge in [0.25, 0.3) is 0 Å². The third kappa shape index (κ3) is 4.29. The minimum absolute atomic E-state index is 0.0723. The van der Waals surface area contributed by atoms with Crippen molar-refractivity contribution in [2.24, 2.45) is 5.73 Å². The summed E-state index contributed by atoms with van der Waals surface area (Å²) in [5.74, 6) is 0.0723. The average molecular weight is 289 g/mol. The number of rotatable bonds is 5. The molecule has 1 aromatic rings. The van der Waals surface area contributed by atoms with Crippen LogP contribution in [0.25, 0.3) is 0 Å². The van der Waals surface area contributed by atoms with Crippen LogP contribution in [0.1, 0.15) is 32.3 Å². The monoisotopic (exact) mass is 289 g/mol. The quantitative estimate of drug-likeness (QED) is 0.900. The summed E-state index contributed by atoms with van der Waals surface area (Å²) in [6.07, 6.45) is 2.22. The Morgan fingerprint density at radius 3 is 2.71 bits per heavy atom. The highest BCUT2D eigenvalue weighted by Crippen LogP contribution is 2.20. The van der Waals surface area contributed by atoms with Crippen molar-refractivity contribution in [1.82, 2.24) is 9.80 Å². The third-order valence-electron chi connectivity index (χ3n) is 4.26. The summed E-state index contributed by atoms with van der Waals surface area (Å²) in [7, 11) is 0. The first kappa shape index (κ1) is 16.0. The number of hydrogen-bond donors (Lipinski definition) is 1. The predicted molar refractivity (Wildman–Crippen MR) is 85.8 cm³/mol. The Hall–Kier alpha value is -1.39. The lowest BCUT2D eigenvalue weighted by Crippen LogP contribution is -2.52. The molecule has 0 bridgehead atoms. The molecule has 1 atom stereocenters. The molecule has 0 radical (unpaired) electrons. The summed E-state index contributed by atoms with van der Waals surface area (Å²) in [6.45, 7) is 7.17. The van der Waals surface area contributed by atoms with Gasteiger partial charge in [-0.3, -0.25) is 9.69 Å². The van der Waals surface area contributed by atoms with E-state index in [-0.39, 0.29) is 12.5 Å². The van der Waals surface area contributed by atoms with E-state index in [0.717, 1.165) is 32.5 Å². The zero-order valence-corrected chi connectivity index (χ0v) is 13.2. The molecule has 0 saturated carbocycles. The fraction of sp³-hybridized carbons (Fsp3) is 0.588. The minimum atomic E-state index is 0.0723. The Bertz CT molecular complexity index is 447. The Labute approximate surface area is 127 Å². The predicted octanol–water partition coefficient (Wildman–Crippen LogP) is 1.85. The lowest BCUT2D eigenvalue weighted by Gasteiger charge is -2.41. The number of carbonyl (C=O) groups excluding carboxylic acids is 1. The van der Waals surface area contributed by atoms with Gasteiger partial charge in [-0.2, -0.15) is 0 Å². The van der Waals surface area contributed by atoms with Crippen LogP contribution < -0.4 is 5.73 Å². The van der Waals surface area contributed by atoms with Crippen LogP contribution in [0.5, 0.6) is 0 Å².